The fourth-order valence-electron chi connectivity index (χ4n) is 3.93. The first-order chi connectivity index (χ1) is 16.4. The number of hydrogen-bond acceptors (Lipinski definition) is 8. The van der Waals surface area contributed by atoms with Crippen molar-refractivity contribution in [1.29, 1.82) is 0 Å². The maximum absolute atomic E-state index is 13.1. The van der Waals surface area contributed by atoms with Crippen molar-refractivity contribution < 1.29 is 33.4 Å². The third kappa shape index (κ3) is 5.36. The second-order valence-electron chi connectivity index (χ2n) is 7.71. The maximum atomic E-state index is 13.1. The number of anilines is 1. The van der Waals surface area contributed by atoms with Gasteiger partial charge in [0.15, 0.2) is 0 Å². The summed E-state index contributed by atoms with van der Waals surface area (Å²) >= 11 is 0. The van der Waals surface area contributed by atoms with Crippen LogP contribution in [0.1, 0.15) is 30.1 Å². The third-order valence-corrected chi connectivity index (χ3v) is 5.61. The molecule has 34 heavy (non-hydrogen) atoms. The lowest BCUT2D eigenvalue weighted by molar-refractivity contribution is -0.149. The lowest BCUT2D eigenvalue weighted by atomic mass is 9.97. The Bertz CT molecular complexity index is 1040. The summed E-state index contributed by atoms with van der Waals surface area (Å²) in [7, 11) is 2.46. The molecule has 0 aromatic heterocycles. The molecule has 0 saturated carbocycles. The van der Waals surface area contributed by atoms with Crippen molar-refractivity contribution in [3.63, 3.8) is 0 Å². The van der Waals surface area contributed by atoms with E-state index in [0.29, 0.717) is 37.4 Å². The number of nitrogens with zero attached hydrogens (tertiary/aromatic N) is 2. The van der Waals surface area contributed by atoms with Gasteiger partial charge < -0.3 is 24.0 Å². The van der Waals surface area contributed by atoms with E-state index < -0.39 is 11.9 Å². The molecule has 0 bridgehead atoms. The van der Waals surface area contributed by atoms with E-state index in [4.69, 9.17) is 14.2 Å². The van der Waals surface area contributed by atoms with Crippen LogP contribution in [-0.2, 0) is 28.6 Å². The van der Waals surface area contributed by atoms with Gasteiger partial charge in [-0.05, 0) is 56.2 Å². The van der Waals surface area contributed by atoms with Gasteiger partial charge in [0, 0.05) is 30.5 Å². The summed E-state index contributed by atoms with van der Waals surface area (Å²) in [6, 6.07) is 6.63. The minimum absolute atomic E-state index is 0.00765. The van der Waals surface area contributed by atoms with Crippen LogP contribution in [0.15, 0.2) is 60.0 Å². The normalized spacial score (nSPS) is 17.8. The molecule has 1 atom stereocenters. The highest BCUT2D eigenvalue weighted by Gasteiger charge is 2.30. The fraction of sp³-hybridized carbons (Fsp3) is 0.360. The standard InChI is InChI=1S/C25H28N2O7/c1-4-34-23(29)18-8-7-14-26(16-18)22(28)17-10-12-19(13-11-17)27-15-6-5-9-20(24(30)32-2)21(27)25(31)33-3/h5-6,9-13,15,18H,4,7-8,14,16H2,1-3H3. The third-order valence-electron chi connectivity index (χ3n) is 5.61. The second kappa shape index (κ2) is 11.3. The van der Waals surface area contributed by atoms with Gasteiger partial charge in [-0.15, -0.1) is 0 Å². The lowest BCUT2D eigenvalue weighted by Crippen LogP contribution is -2.42. The number of likely N-dealkylation sites (tertiary alicyclic amines) is 1. The topological polar surface area (TPSA) is 102 Å². The summed E-state index contributed by atoms with van der Waals surface area (Å²) in [6.07, 6.45) is 7.79. The van der Waals surface area contributed by atoms with E-state index in [-0.39, 0.29) is 29.1 Å². The molecule has 1 amide bonds. The Morgan fingerprint density at radius 3 is 2.35 bits per heavy atom. The van der Waals surface area contributed by atoms with Crippen molar-refractivity contribution in [3.05, 3.63) is 65.5 Å². The zero-order valence-electron chi connectivity index (χ0n) is 19.5. The van der Waals surface area contributed by atoms with Gasteiger partial charge in [0.25, 0.3) is 5.91 Å². The molecule has 180 valence electrons. The molecule has 3 rings (SSSR count). The van der Waals surface area contributed by atoms with Crippen LogP contribution in [0.4, 0.5) is 5.69 Å². The van der Waals surface area contributed by atoms with Gasteiger partial charge in [-0.1, -0.05) is 6.08 Å². The number of allylic oxidation sites excluding steroid dienone is 2. The number of amides is 1. The SMILES string of the molecule is CCOC(=O)C1CCCN(C(=O)c2ccc(N3C=CC=CC(C(=O)OC)=C3C(=O)OC)cc2)C1. The van der Waals surface area contributed by atoms with E-state index in [1.54, 1.807) is 54.4 Å². The predicted molar refractivity (Wildman–Crippen MR) is 124 cm³/mol. The quantitative estimate of drug-likeness (QED) is 0.464. The van der Waals surface area contributed by atoms with Crippen LogP contribution < -0.4 is 4.90 Å². The first kappa shape index (κ1) is 24.8. The molecule has 0 radical (unpaired) electrons. The van der Waals surface area contributed by atoms with Gasteiger partial charge in [0.05, 0.1) is 32.3 Å². The number of benzene rings is 1. The van der Waals surface area contributed by atoms with Gasteiger partial charge in [0.2, 0.25) is 0 Å². The van der Waals surface area contributed by atoms with E-state index in [1.165, 1.54) is 25.2 Å². The molecule has 9 heteroatoms. The maximum Gasteiger partial charge on any atom is 0.355 e. The zero-order valence-corrected chi connectivity index (χ0v) is 19.5. The van der Waals surface area contributed by atoms with Crippen LogP contribution in [0.25, 0.3) is 0 Å². The van der Waals surface area contributed by atoms with Crippen molar-refractivity contribution in [2.75, 3.05) is 38.8 Å². The van der Waals surface area contributed by atoms with Gasteiger partial charge in [-0.2, -0.15) is 0 Å². The molecule has 1 aromatic carbocycles. The first-order valence-corrected chi connectivity index (χ1v) is 11.0. The lowest BCUT2D eigenvalue weighted by Gasteiger charge is -2.31. The molecule has 1 aromatic rings. The summed E-state index contributed by atoms with van der Waals surface area (Å²) in [5.74, 6) is -2.18. The smallest absolute Gasteiger partial charge is 0.355 e. The highest BCUT2D eigenvalue weighted by molar-refractivity contribution is 6.05. The average Bonchev–Trinajstić information content (AvgIpc) is 3.10. The monoisotopic (exact) mass is 468 g/mol. The minimum atomic E-state index is -0.713. The Morgan fingerprint density at radius 1 is 1.00 bits per heavy atom. The number of methoxy groups -OCH3 is 2. The fourth-order valence-corrected chi connectivity index (χ4v) is 3.93. The first-order valence-electron chi connectivity index (χ1n) is 11.0. The number of rotatable bonds is 6. The van der Waals surface area contributed by atoms with Crippen molar-refractivity contribution in [3.8, 4) is 0 Å². The van der Waals surface area contributed by atoms with Crippen LogP contribution >= 0.6 is 0 Å². The molecule has 0 N–H and O–H groups in total. The van der Waals surface area contributed by atoms with Gasteiger partial charge in [-0.3, -0.25) is 9.59 Å². The zero-order chi connectivity index (χ0) is 24.7. The largest absolute Gasteiger partial charge is 0.466 e. The molecular weight excluding hydrogens is 440 g/mol. The Morgan fingerprint density at radius 2 is 1.71 bits per heavy atom. The summed E-state index contributed by atoms with van der Waals surface area (Å²) in [5.41, 5.74) is 1.02. The molecule has 2 aliphatic heterocycles. The van der Waals surface area contributed by atoms with E-state index in [9.17, 15) is 19.2 Å². The molecule has 9 nitrogen and oxygen atoms in total. The second-order valence-corrected chi connectivity index (χ2v) is 7.71. The van der Waals surface area contributed by atoms with Crippen LogP contribution in [0, 0.1) is 5.92 Å². The highest BCUT2D eigenvalue weighted by Crippen LogP contribution is 2.27. The molecule has 0 aliphatic carbocycles. The van der Waals surface area contributed by atoms with Crippen molar-refractivity contribution in [2.45, 2.75) is 19.8 Å². The Hall–Kier alpha value is -3.88. The summed E-state index contributed by atoms with van der Waals surface area (Å²) in [4.78, 5) is 53.2. The number of esters is 3. The predicted octanol–water partition coefficient (Wildman–Crippen LogP) is 2.59. The van der Waals surface area contributed by atoms with Crippen LogP contribution in [0.3, 0.4) is 0 Å². The van der Waals surface area contributed by atoms with Crippen molar-refractivity contribution in [2.24, 2.45) is 5.92 Å². The minimum Gasteiger partial charge on any atom is -0.466 e. The Kier molecular flexibility index (Phi) is 8.24. The molecule has 0 spiro atoms. The molecule has 2 aliphatic rings. The van der Waals surface area contributed by atoms with E-state index >= 15 is 0 Å². The number of ether oxygens (including phenoxy) is 3. The number of piperidine rings is 1. The molecule has 1 fully saturated rings. The molecule has 1 unspecified atom stereocenters. The van der Waals surface area contributed by atoms with Gasteiger partial charge >= 0.3 is 17.9 Å². The highest BCUT2D eigenvalue weighted by atomic mass is 16.5. The Balaban J connectivity index is 1.85. The number of carbonyl (C=O) groups excluding carboxylic acids is 4. The van der Waals surface area contributed by atoms with E-state index in [0.717, 1.165) is 6.42 Å². The van der Waals surface area contributed by atoms with Gasteiger partial charge in [0.1, 0.15) is 5.70 Å². The van der Waals surface area contributed by atoms with Gasteiger partial charge in [-0.25, -0.2) is 9.59 Å². The number of hydrogen-bond donors (Lipinski definition) is 0. The molecule has 1 saturated heterocycles. The summed E-state index contributed by atoms with van der Waals surface area (Å²) in [5, 5.41) is 0. The van der Waals surface area contributed by atoms with E-state index in [1.807, 2.05) is 0 Å². The molecule has 2 heterocycles. The van der Waals surface area contributed by atoms with E-state index in [2.05, 4.69) is 0 Å². The van der Waals surface area contributed by atoms with Crippen LogP contribution in [0.5, 0.6) is 0 Å². The van der Waals surface area contributed by atoms with Crippen LogP contribution in [0.2, 0.25) is 0 Å². The number of carbonyl (C=O) groups is 4. The Labute approximate surface area is 198 Å². The van der Waals surface area contributed by atoms with Crippen LogP contribution in [-0.4, -0.2) is 62.6 Å². The summed E-state index contributed by atoms with van der Waals surface area (Å²) < 4.78 is 14.8. The molecular formula is C25H28N2O7. The summed E-state index contributed by atoms with van der Waals surface area (Å²) in [6.45, 7) is 2.95. The van der Waals surface area contributed by atoms with Crippen molar-refractivity contribution in [1.82, 2.24) is 4.90 Å². The average molecular weight is 469 g/mol. The van der Waals surface area contributed by atoms with Crippen molar-refractivity contribution >= 4 is 29.5 Å².